The molecule has 0 aromatic carbocycles. The summed E-state index contributed by atoms with van der Waals surface area (Å²) in [5.74, 6) is -0.830. The molecule has 14 nitrogen and oxygen atoms in total. The van der Waals surface area contributed by atoms with Gasteiger partial charge in [-0.15, -0.1) is 0 Å². The molecule has 8 N–H and O–H groups in total. The fourth-order valence-electron chi connectivity index (χ4n) is 3.17. The second-order valence-corrected chi connectivity index (χ2v) is 7.32. The van der Waals surface area contributed by atoms with Crippen LogP contribution in [0.3, 0.4) is 0 Å². The molecule has 182 valence electrons. The number of hydrogen-bond acceptors (Lipinski definition) is 14. The number of carbonyl (C=O) groups excluding carboxylic acids is 1. The molecular weight excluding hydrogens is 428 g/mol. The zero-order valence-corrected chi connectivity index (χ0v) is 16.4. The van der Waals surface area contributed by atoms with E-state index in [4.69, 9.17) is 20.3 Å². The van der Waals surface area contributed by atoms with Crippen LogP contribution >= 0.6 is 0 Å². The van der Waals surface area contributed by atoms with Gasteiger partial charge in [-0.25, -0.2) is 0 Å². The Labute approximate surface area is 178 Å². The van der Waals surface area contributed by atoms with Gasteiger partial charge in [0.25, 0.3) is 6.45 Å². The molecule has 10 atom stereocenters. The summed E-state index contributed by atoms with van der Waals surface area (Å²) < 4.78 is 32.6. The average Bonchev–Trinajstić information content (AvgIpc) is 2.77. The van der Waals surface area contributed by atoms with Crippen molar-refractivity contribution < 1.29 is 70.7 Å². The van der Waals surface area contributed by atoms with Crippen molar-refractivity contribution in [3.8, 4) is 0 Å². The molecular formula is C17H30O14. The number of rotatable bonds is 10. The van der Waals surface area contributed by atoms with Gasteiger partial charge in [-0.05, 0) is 0 Å². The Hall–Kier alpha value is -1.01. The van der Waals surface area contributed by atoms with Crippen LogP contribution in [0, 0.1) is 5.92 Å². The van der Waals surface area contributed by atoms with Crippen LogP contribution in [0.5, 0.6) is 0 Å². The van der Waals surface area contributed by atoms with Crippen molar-refractivity contribution in [3.05, 3.63) is 0 Å². The molecule has 0 aliphatic carbocycles. The van der Waals surface area contributed by atoms with Gasteiger partial charge >= 0.3 is 0 Å². The van der Waals surface area contributed by atoms with Crippen LogP contribution in [0.1, 0.15) is 1.37 Å². The second kappa shape index (κ2) is 12.3. The van der Waals surface area contributed by atoms with Crippen LogP contribution < -0.4 is 0 Å². The van der Waals surface area contributed by atoms with Crippen molar-refractivity contribution in [2.24, 2.45) is 5.92 Å². The molecule has 0 spiro atoms. The van der Waals surface area contributed by atoms with Crippen molar-refractivity contribution in [2.75, 3.05) is 33.0 Å². The van der Waals surface area contributed by atoms with E-state index in [1.165, 1.54) is 0 Å². The molecule has 2 aliphatic heterocycles. The first-order valence-corrected chi connectivity index (χ1v) is 9.58. The number of aliphatic hydroxyl groups excluding tert-OH is 8. The quantitative estimate of drug-likeness (QED) is 0.143. The van der Waals surface area contributed by atoms with Crippen LogP contribution in [0.4, 0.5) is 0 Å². The summed E-state index contributed by atoms with van der Waals surface area (Å²) in [5.41, 5.74) is 0. The lowest BCUT2D eigenvalue weighted by molar-refractivity contribution is -0.312. The number of carbonyl (C=O) groups is 1. The van der Waals surface area contributed by atoms with Crippen LogP contribution in [-0.4, -0.2) is 142 Å². The number of aliphatic hydroxyl groups is 8. The van der Waals surface area contributed by atoms with Crippen molar-refractivity contribution in [3.63, 3.8) is 0 Å². The SMILES string of the molecule is [2H]C(=O)OCC(CO[C@@H]1O[C@H](CO)[C@@H](O)[C@H](O)[C@H]1O)CO[C@@H]1O[C@H](CO)[C@@H](O)[C@H](O)[C@H]1O. The molecule has 14 heteroatoms. The van der Waals surface area contributed by atoms with Crippen LogP contribution in [0.2, 0.25) is 0 Å². The van der Waals surface area contributed by atoms with E-state index in [2.05, 4.69) is 4.74 Å². The van der Waals surface area contributed by atoms with Gasteiger partial charge in [-0.1, -0.05) is 0 Å². The van der Waals surface area contributed by atoms with Crippen molar-refractivity contribution >= 4 is 6.45 Å². The lowest BCUT2D eigenvalue weighted by Gasteiger charge is -2.40. The Morgan fingerprint density at radius 1 is 0.742 bits per heavy atom. The van der Waals surface area contributed by atoms with Crippen molar-refractivity contribution in [1.82, 2.24) is 0 Å². The molecule has 2 fully saturated rings. The zero-order valence-electron chi connectivity index (χ0n) is 17.4. The molecule has 2 saturated heterocycles. The second-order valence-electron chi connectivity index (χ2n) is 7.32. The highest BCUT2D eigenvalue weighted by molar-refractivity contribution is 5.36. The lowest BCUT2D eigenvalue weighted by Crippen LogP contribution is -2.59. The Kier molecular flexibility index (Phi) is 9.76. The van der Waals surface area contributed by atoms with Crippen LogP contribution in [-0.2, 0) is 28.5 Å². The molecule has 31 heavy (non-hydrogen) atoms. The van der Waals surface area contributed by atoms with E-state index in [1.54, 1.807) is 0 Å². The van der Waals surface area contributed by atoms with Crippen molar-refractivity contribution in [2.45, 2.75) is 61.4 Å². The van der Waals surface area contributed by atoms with E-state index < -0.39 is 93.6 Å². The molecule has 2 rings (SSSR count). The highest BCUT2D eigenvalue weighted by Crippen LogP contribution is 2.24. The number of hydrogen-bond donors (Lipinski definition) is 8. The van der Waals surface area contributed by atoms with E-state index in [9.17, 15) is 45.6 Å². The monoisotopic (exact) mass is 459 g/mol. The molecule has 0 radical (unpaired) electrons. The minimum Gasteiger partial charge on any atom is -0.467 e. The Bertz CT molecular complexity index is 539. The van der Waals surface area contributed by atoms with Crippen LogP contribution in [0.15, 0.2) is 0 Å². The predicted octanol–water partition coefficient (Wildman–Crippen LogP) is -5.59. The van der Waals surface area contributed by atoms with Gasteiger partial charge in [0.2, 0.25) is 0 Å². The molecule has 2 aliphatic rings. The Morgan fingerprint density at radius 3 is 1.52 bits per heavy atom. The first-order valence-electron chi connectivity index (χ1n) is 10.1. The van der Waals surface area contributed by atoms with Gasteiger partial charge in [-0.2, -0.15) is 0 Å². The van der Waals surface area contributed by atoms with Gasteiger partial charge < -0.3 is 64.5 Å². The van der Waals surface area contributed by atoms with Gasteiger partial charge in [0.15, 0.2) is 14.0 Å². The van der Waals surface area contributed by atoms with Crippen molar-refractivity contribution in [1.29, 1.82) is 0 Å². The fraction of sp³-hybridized carbons (Fsp3) is 0.941. The summed E-state index contributed by atoms with van der Waals surface area (Å²) in [5, 5.41) is 77.7. The molecule has 0 amide bonds. The van der Waals surface area contributed by atoms with Crippen LogP contribution in [0.25, 0.3) is 0 Å². The van der Waals surface area contributed by atoms with E-state index in [0.29, 0.717) is 0 Å². The average molecular weight is 459 g/mol. The first-order chi connectivity index (χ1) is 15.1. The summed E-state index contributed by atoms with van der Waals surface area (Å²) in [4.78, 5) is 10.8. The minimum atomic E-state index is -1.67. The molecule has 0 saturated carbocycles. The standard InChI is InChI=1S/C17H30O14/c18-1-8-10(21)12(23)14(25)16(30-8)28-4-7(3-27-6-20)5-29-17-15(26)13(24)11(22)9(2-19)31-17/h6-19,21-26H,1-5H2/t8-,9-,10-,11-,12+,13+,14-,15-,16-,17-/m1/s1/i6D. The normalized spacial score (nSPS) is 41.8. The van der Waals surface area contributed by atoms with Gasteiger partial charge in [0.05, 0.1) is 33.0 Å². The summed E-state index contributed by atoms with van der Waals surface area (Å²) in [7, 11) is 0. The van der Waals surface area contributed by atoms with E-state index >= 15 is 0 Å². The third-order valence-corrected chi connectivity index (χ3v) is 5.07. The topological polar surface area (TPSA) is 225 Å². The van der Waals surface area contributed by atoms with E-state index in [0.717, 1.165) is 0 Å². The summed E-state index contributed by atoms with van der Waals surface area (Å²) in [6, 6.07) is 0. The smallest absolute Gasteiger partial charge is 0.293 e. The molecule has 0 aromatic heterocycles. The number of ether oxygens (including phenoxy) is 5. The molecule has 0 unspecified atom stereocenters. The van der Waals surface area contributed by atoms with Gasteiger partial charge in [-0.3, -0.25) is 4.79 Å². The van der Waals surface area contributed by atoms with E-state index in [-0.39, 0.29) is 13.2 Å². The van der Waals surface area contributed by atoms with Gasteiger partial charge in [0.1, 0.15) is 48.8 Å². The Morgan fingerprint density at radius 2 is 1.16 bits per heavy atom. The lowest BCUT2D eigenvalue weighted by atomic mass is 9.99. The largest absolute Gasteiger partial charge is 0.467 e. The molecule has 0 bridgehead atoms. The summed E-state index contributed by atoms with van der Waals surface area (Å²) >= 11 is 0. The minimum absolute atomic E-state index is 0.340. The summed E-state index contributed by atoms with van der Waals surface area (Å²) in [6.07, 6.45) is -16.5. The third-order valence-electron chi connectivity index (χ3n) is 5.07. The Balaban J connectivity index is 1.96. The first kappa shape index (κ1) is 24.6. The maximum Gasteiger partial charge on any atom is 0.293 e. The maximum atomic E-state index is 10.8. The van der Waals surface area contributed by atoms with E-state index in [1.807, 2.05) is 0 Å². The predicted molar refractivity (Wildman–Crippen MR) is 94.9 cm³/mol. The fourth-order valence-corrected chi connectivity index (χ4v) is 3.17. The van der Waals surface area contributed by atoms with Gasteiger partial charge in [0, 0.05) is 5.92 Å². The summed E-state index contributed by atoms with van der Waals surface area (Å²) in [6.45, 7) is -2.41. The highest BCUT2D eigenvalue weighted by atomic mass is 16.7. The zero-order chi connectivity index (χ0) is 24.0. The molecule has 0 aromatic rings. The highest BCUT2D eigenvalue weighted by Gasteiger charge is 2.45. The molecule has 2 heterocycles. The maximum absolute atomic E-state index is 10.8. The third kappa shape index (κ3) is 6.50.